The Bertz CT molecular complexity index is 1480. The van der Waals surface area contributed by atoms with Crippen LogP contribution in [0.5, 0.6) is 0 Å². The highest BCUT2D eigenvalue weighted by Crippen LogP contribution is 2.38. The van der Waals surface area contributed by atoms with Gasteiger partial charge in [0.2, 0.25) is 0 Å². The van der Waals surface area contributed by atoms with E-state index in [9.17, 15) is 23.9 Å². The maximum Gasteiger partial charge on any atom is 0.337 e. The lowest BCUT2D eigenvalue weighted by Gasteiger charge is -2.39. The quantitative estimate of drug-likeness (QED) is 0.368. The number of carboxylic acids is 1. The number of hydrogen-bond donors (Lipinski definition) is 2. The molecular weight excluding hydrogens is 541 g/mol. The number of ketones is 1. The number of hydrogen-bond acceptors (Lipinski definition) is 7. The predicted octanol–water partition coefficient (Wildman–Crippen LogP) is 4.85. The molecule has 226 valence electrons. The summed E-state index contributed by atoms with van der Waals surface area (Å²) >= 11 is 0. The number of carboxylic acid groups (broad SMARTS) is 1. The average molecular weight is 582 g/mol. The van der Waals surface area contributed by atoms with Gasteiger partial charge in [0.15, 0.2) is 23.2 Å². The molecule has 1 amide bonds. The zero-order valence-electron chi connectivity index (χ0n) is 25.3. The monoisotopic (exact) mass is 581 g/mol. The fraction of sp³-hybridized carbons (Fsp3) is 0.516. The molecule has 0 radical (unpaired) electrons. The number of ether oxygens (including phenoxy) is 1. The number of rotatable bonds is 9. The van der Waals surface area contributed by atoms with Crippen LogP contribution >= 0.6 is 0 Å². The van der Waals surface area contributed by atoms with Crippen LogP contribution < -0.4 is 10.2 Å². The van der Waals surface area contributed by atoms with Crippen molar-refractivity contribution in [1.82, 2.24) is 19.9 Å². The van der Waals surface area contributed by atoms with E-state index in [1.54, 1.807) is 46.8 Å². The number of amides is 1. The van der Waals surface area contributed by atoms with Crippen LogP contribution in [0.2, 0.25) is 0 Å². The first kappa shape index (κ1) is 31.1. The molecule has 1 aromatic carbocycles. The lowest BCUT2D eigenvalue weighted by Crippen LogP contribution is -2.40. The Balaban J connectivity index is 1.68. The van der Waals surface area contributed by atoms with Crippen LogP contribution in [0.3, 0.4) is 0 Å². The van der Waals surface area contributed by atoms with Gasteiger partial charge in [-0.2, -0.15) is 9.61 Å². The number of nitrogens with zero attached hydrogens (tertiary/aromatic N) is 4. The Labute approximate surface area is 245 Å². The fourth-order valence-electron chi connectivity index (χ4n) is 5.10. The molecule has 10 nitrogen and oxygen atoms in total. The molecule has 2 aromatic heterocycles. The number of anilines is 1. The molecule has 2 N–H and O–H groups in total. The van der Waals surface area contributed by atoms with E-state index < -0.39 is 35.3 Å². The molecule has 2 atom stereocenters. The smallest absolute Gasteiger partial charge is 0.337 e. The van der Waals surface area contributed by atoms with E-state index in [0.29, 0.717) is 41.4 Å². The number of carbonyl (C=O) groups is 3. The van der Waals surface area contributed by atoms with Gasteiger partial charge < -0.3 is 20.1 Å². The summed E-state index contributed by atoms with van der Waals surface area (Å²) in [5.74, 6) is -2.35. The van der Waals surface area contributed by atoms with Crippen LogP contribution in [0.1, 0.15) is 93.7 Å². The molecule has 0 bridgehead atoms. The molecule has 1 saturated heterocycles. The highest BCUT2D eigenvalue weighted by molar-refractivity contribution is 5.97. The second kappa shape index (κ2) is 11.8. The first-order valence-electron chi connectivity index (χ1n) is 14.2. The summed E-state index contributed by atoms with van der Waals surface area (Å²) in [6.45, 7) is 14.3. The number of nitrogens with one attached hydrogen (secondary N) is 1. The van der Waals surface area contributed by atoms with E-state index >= 15 is 0 Å². The molecule has 0 saturated carbocycles. The lowest BCUT2D eigenvalue weighted by atomic mass is 9.82. The maximum absolute atomic E-state index is 13.3. The van der Waals surface area contributed by atoms with Crippen molar-refractivity contribution < 1.29 is 28.6 Å². The van der Waals surface area contributed by atoms with Gasteiger partial charge >= 0.3 is 5.97 Å². The third-order valence-corrected chi connectivity index (χ3v) is 7.69. The third-order valence-electron chi connectivity index (χ3n) is 7.69. The first-order chi connectivity index (χ1) is 19.6. The summed E-state index contributed by atoms with van der Waals surface area (Å²) < 4.78 is 20.8. The minimum atomic E-state index is -1.31. The van der Waals surface area contributed by atoms with Crippen molar-refractivity contribution in [3.05, 3.63) is 58.7 Å². The van der Waals surface area contributed by atoms with Gasteiger partial charge in [0.1, 0.15) is 11.6 Å². The molecule has 1 aliphatic rings. The van der Waals surface area contributed by atoms with Crippen molar-refractivity contribution >= 4 is 29.1 Å². The molecule has 0 aliphatic carbocycles. The van der Waals surface area contributed by atoms with E-state index in [1.807, 2.05) is 0 Å². The van der Waals surface area contributed by atoms with E-state index in [0.717, 1.165) is 12.8 Å². The van der Waals surface area contributed by atoms with Gasteiger partial charge in [-0.05, 0) is 63.6 Å². The van der Waals surface area contributed by atoms with Crippen LogP contribution in [0, 0.1) is 18.2 Å². The van der Waals surface area contributed by atoms with Gasteiger partial charge in [-0.1, -0.05) is 32.9 Å². The Morgan fingerprint density at radius 1 is 1.14 bits per heavy atom. The minimum Gasteiger partial charge on any atom is -0.479 e. The van der Waals surface area contributed by atoms with Crippen LogP contribution in [-0.2, 0) is 14.3 Å². The van der Waals surface area contributed by atoms with E-state index in [1.165, 1.54) is 22.7 Å². The Morgan fingerprint density at radius 2 is 1.76 bits per heavy atom. The van der Waals surface area contributed by atoms with Gasteiger partial charge in [-0.15, -0.1) is 0 Å². The molecule has 42 heavy (non-hydrogen) atoms. The van der Waals surface area contributed by atoms with Gasteiger partial charge in [0.25, 0.3) is 5.91 Å². The standard InChI is InChI=1S/C31H40FN5O5/c1-18(20-8-10-21(32)11-9-20)23(38)17-33-27(39)22-16-24-34-19(2)25(26(29(40)41)42-30(3,4)5)28(37(24)35-22)36-14-12-31(6,7)13-15-36/h8-11,16,18,26H,12-15,17H2,1-7H3,(H,33,39)(H,40,41). The van der Waals surface area contributed by atoms with Crippen molar-refractivity contribution in [2.45, 2.75) is 78.9 Å². The Kier molecular flexibility index (Phi) is 8.73. The summed E-state index contributed by atoms with van der Waals surface area (Å²) in [6.07, 6.45) is 0.464. The zero-order chi connectivity index (χ0) is 31.0. The average Bonchev–Trinajstić information content (AvgIpc) is 3.33. The Hall–Kier alpha value is -3.86. The molecule has 3 heterocycles. The first-order valence-corrected chi connectivity index (χ1v) is 14.2. The molecule has 2 unspecified atom stereocenters. The van der Waals surface area contributed by atoms with E-state index in [2.05, 4.69) is 34.1 Å². The summed E-state index contributed by atoms with van der Waals surface area (Å²) in [4.78, 5) is 45.1. The van der Waals surface area contributed by atoms with Gasteiger partial charge in [-0.3, -0.25) is 9.59 Å². The van der Waals surface area contributed by atoms with Crippen LogP contribution in [0.25, 0.3) is 5.65 Å². The molecule has 3 aromatic rings. The van der Waals surface area contributed by atoms with E-state index in [4.69, 9.17) is 4.74 Å². The number of fused-ring (bicyclic) bond motifs is 1. The maximum atomic E-state index is 13.3. The van der Waals surface area contributed by atoms with Crippen molar-refractivity contribution in [1.29, 1.82) is 0 Å². The van der Waals surface area contributed by atoms with Crippen LogP contribution in [0.15, 0.2) is 30.3 Å². The summed E-state index contributed by atoms with van der Waals surface area (Å²) in [5, 5.41) is 17.4. The SMILES string of the molecule is Cc1nc2cc(C(=O)NCC(=O)C(C)c3ccc(F)cc3)nn2c(N2CCC(C)(C)CC2)c1C(OC(C)(C)C)C(=O)O. The second-order valence-electron chi connectivity index (χ2n) is 12.8. The highest BCUT2D eigenvalue weighted by atomic mass is 19.1. The number of aromatic nitrogens is 3. The number of Topliss-reactive ketones (excluding diaryl/α,β-unsaturated/α-hetero) is 1. The molecule has 4 rings (SSSR count). The molecule has 0 spiro atoms. The summed E-state index contributed by atoms with van der Waals surface area (Å²) in [7, 11) is 0. The normalized spacial score (nSPS) is 16.7. The van der Waals surface area contributed by atoms with Gasteiger partial charge in [0, 0.05) is 30.8 Å². The largest absolute Gasteiger partial charge is 0.479 e. The topological polar surface area (TPSA) is 126 Å². The number of carbonyl (C=O) groups excluding carboxylic acids is 2. The summed E-state index contributed by atoms with van der Waals surface area (Å²) in [5.41, 5.74) is 1.32. The number of piperidine rings is 1. The number of halogens is 1. The zero-order valence-corrected chi connectivity index (χ0v) is 25.3. The third kappa shape index (κ3) is 6.95. The highest BCUT2D eigenvalue weighted by Gasteiger charge is 2.36. The lowest BCUT2D eigenvalue weighted by molar-refractivity contribution is -0.160. The van der Waals surface area contributed by atoms with Crippen molar-refractivity contribution in [3.63, 3.8) is 0 Å². The number of aryl methyl sites for hydroxylation is 1. The van der Waals surface area contributed by atoms with Gasteiger partial charge in [-0.25, -0.2) is 14.2 Å². The fourth-order valence-corrected chi connectivity index (χ4v) is 5.10. The van der Waals surface area contributed by atoms with Crippen LogP contribution in [-0.4, -0.2) is 62.6 Å². The number of benzene rings is 1. The second-order valence-corrected chi connectivity index (χ2v) is 12.8. The van der Waals surface area contributed by atoms with E-state index in [-0.39, 0.29) is 23.4 Å². The molecule has 1 aliphatic heterocycles. The molecule has 11 heteroatoms. The number of aliphatic carboxylic acids is 1. The Morgan fingerprint density at radius 3 is 2.33 bits per heavy atom. The van der Waals surface area contributed by atoms with Crippen LogP contribution in [0.4, 0.5) is 10.2 Å². The van der Waals surface area contributed by atoms with Gasteiger partial charge in [0.05, 0.1) is 17.7 Å². The van der Waals surface area contributed by atoms with Crippen molar-refractivity contribution in [3.8, 4) is 0 Å². The minimum absolute atomic E-state index is 0.0449. The van der Waals surface area contributed by atoms with Crippen molar-refractivity contribution in [2.24, 2.45) is 5.41 Å². The summed E-state index contributed by atoms with van der Waals surface area (Å²) in [6, 6.07) is 7.20. The predicted molar refractivity (Wildman–Crippen MR) is 156 cm³/mol. The molecular formula is C31H40FN5O5. The molecule has 1 fully saturated rings. The van der Waals surface area contributed by atoms with Crippen molar-refractivity contribution in [2.75, 3.05) is 24.5 Å².